The van der Waals surface area contributed by atoms with Crippen molar-refractivity contribution < 1.29 is 50.8 Å². The van der Waals surface area contributed by atoms with Crippen LogP contribution in [0.25, 0.3) is 0 Å². The first-order chi connectivity index (χ1) is 24.3. The van der Waals surface area contributed by atoms with Gasteiger partial charge in [0.15, 0.2) is 0 Å². The number of hydrogen-bond acceptors (Lipinski definition) is 11. The third-order valence-corrected chi connectivity index (χ3v) is 12.9. The molecule has 3 amide bonds. The summed E-state index contributed by atoms with van der Waals surface area (Å²) < 4.78 is 31.5. The van der Waals surface area contributed by atoms with Gasteiger partial charge in [-0.15, -0.1) is 26.3 Å². The standard InChI is InChI=1S/C17H32N2O5Si.C11H17NO3.C6H17NO3Si/c1-6-13-19(14-7-2)17(21)11-8-10-16(20)18-12-9-15-25(22-3,23-4)24-5;1-3-8-12(9-4-2)10(13)6-5-7-11(14)15;1-8-11(9-2,10-3)6-4-5-7/h6-7H,1-2,8-15H2,3-5H3,(H,18,20);3-4H,1-2,5-9H2,(H,14,15);4-7H2,1-3H3. The molecule has 0 aliphatic rings. The summed E-state index contributed by atoms with van der Waals surface area (Å²) in [7, 11) is 4.63. The maximum absolute atomic E-state index is 12.0. The molecule has 296 valence electrons. The number of hydrogen-bond donors (Lipinski definition) is 3. The number of aliphatic carboxylic acids is 1. The predicted molar refractivity (Wildman–Crippen MR) is 204 cm³/mol. The maximum atomic E-state index is 12.0. The highest BCUT2D eigenvalue weighted by Crippen LogP contribution is 2.15. The van der Waals surface area contributed by atoms with E-state index in [1.54, 1.807) is 76.8 Å². The second-order valence-electron chi connectivity index (χ2n) is 10.8. The lowest BCUT2D eigenvalue weighted by atomic mass is 10.2. The Labute approximate surface area is 308 Å². The minimum Gasteiger partial charge on any atom is -0.481 e. The molecule has 0 saturated heterocycles. The number of carbonyl (C=O) groups is 4. The molecule has 0 saturated carbocycles. The maximum Gasteiger partial charge on any atom is 0.500 e. The van der Waals surface area contributed by atoms with E-state index in [1.165, 1.54) is 0 Å². The van der Waals surface area contributed by atoms with Gasteiger partial charge in [-0.3, -0.25) is 19.2 Å². The normalized spacial score (nSPS) is 10.7. The zero-order chi connectivity index (χ0) is 39.6. The second kappa shape index (κ2) is 34.1. The van der Waals surface area contributed by atoms with Gasteiger partial charge in [0, 0.05) is 113 Å². The Hall–Kier alpha value is -3.01. The van der Waals surface area contributed by atoms with Crippen molar-refractivity contribution >= 4 is 41.3 Å². The van der Waals surface area contributed by atoms with Gasteiger partial charge in [0.05, 0.1) is 0 Å². The molecule has 0 aromatic rings. The Morgan fingerprint density at radius 2 is 0.961 bits per heavy atom. The van der Waals surface area contributed by atoms with E-state index < -0.39 is 23.6 Å². The Morgan fingerprint density at radius 3 is 1.27 bits per heavy atom. The number of nitrogens with zero attached hydrogens (tertiary/aromatic N) is 2. The minimum absolute atomic E-state index is 0.00340. The fourth-order valence-electron chi connectivity index (χ4n) is 4.34. The van der Waals surface area contributed by atoms with Crippen LogP contribution in [-0.4, -0.2) is 138 Å². The van der Waals surface area contributed by atoms with Gasteiger partial charge in [0.1, 0.15) is 0 Å². The first-order valence-electron chi connectivity index (χ1n) is 16.8. The lowest BCUT2D eigenvalue weighted by molar-refractivity contribution is -0.137. The summed E-state index contributed by atoms with van der Waals surface area (Å²) in [6.45, 7) is 17.5. The van der Waals surface area contributed by atoms with Gasteiger partial charge in [0.25, 0.3) is 0 Å². The van der Waals surface area contributed by atoms with Gasteiger partial charge in [-0.1, -0.05) is 24.3 Å². The SMILES string of the molecule is C=CCN(CC=C)C(=O)CCCC(=O)NCCC[Si](OC)(OC)OC.C=CCN(CC=C)C(=O)CCCC(=O)O.CO[Si](CCCN)(OC)OC. The summed E-state index contributed by atoms with van der Waals surface area (Å²) >= 11 is 0. The molecule has 0 spiro atoms. The molecule has 15 nitrogen and oxygen atoms in total. The van der Waals surface area contributed by atoms with Gasteiger partial charge in [-0.05, 0) is 32.2 Å². The average molecular weight is 763 g/mol. The lowest BCUT2D eigenvalue weighted by Crippen LogP contribution is -2.43. The molecular formula is C34H66N4O11Si2. The van der Waals surface area contributed by atoms with Gasteiger partial charge in [-0.2, -0.15) is 0 Å². The van der Waals surface area contributed by atoms with E-state index in [0.29, 0.717) is 77.4 Å². The van der Waals surface area contributed by atoms with Crippen LogP contribution in [0.5, 0.6) is 0 Å². The first-order valence-corrected chi connectivity index (χ1v) is 20.7. The molecule has 0 aromatic heterocycles. The van der Waals surface area contributed by atoms with E-state index in [-0.39, 0.29) is 30.6 Å². The zero-order valence-electron chi connectivity index (χ0n) is 32.0. The largest absolute Gasteiger partial charge is 0.500 e. The summed E-state index contributed by atoms with van der Waals surface area (Å²) in [4.78, 5) is 48.9. The van der Waals surface area contributed by atoms with E-state index in [0.717, 1.165) is 12.5 Å². The van der Waals surface area contributed by atoms with E-state index in [1.807, 2.05) is 0 Å². The zero-order valence-corrected chi connectivity index (χ0v) is 34.0. The molecule has 0 fully saturated rings. The molecule has 0 rings (SSSR count). The molecule has 17 heteroatoms. The number of rotatable bonds is 29. The molecule has 0 aromatic carbocycles. The van der Waals surface area contributed by atoms with Crippen LogP contribution in [-0.2, 0) is 45.7 Å². The lowest BCUT2D eigenvalue weighted by Gasteiger charge is -2.24. The van der Waals surface area contributed by atoms with Crippen LogP contribution in [0.15, 0.2) is 50.6 Å². The molecule has 51 heavy (non-hydrogen) atoms. The van der Waals surface area contributed by atoms with Crippen LogP contribution in [0.2, 0.25) is 12.1 Å². The predicted octanol–water partition coefficient (Wildman–Crippen LogP) is 3.40. The van der Waals surface area contributed by atoms with Crippen molar-refractivity contribution in [1.82, 2.24) is 15.1 Å². The fourth-order valence-corrected chi connectivity index (χ4v) is 7.81. The third kappa shape index (κ3) is 26.4. The smallest absolute Gasteiger partial charge is 0.481 e. The van der Waals surface area contributed by atoms with E-state index in [9.17, 15) is 19.2 Å². The third-order valence-electron chi connectivity index (χ3n) is 7.21. The number of carbonyl (C=O) groups excluding carboxylic acids is 3. The van der Waals surface area contributed by atoms with Crippen molar-refractivity contribution in [3.05, 3.63) is 50.6 Å². The molecule has 0 aliphatic carbocycles. The molecular weight excluding hydrogens is 697 g/mol. The second-order valence-corrected chi connectivity index (χ2v) is 17.0. The Kier molecular flexibility index (Phi) is 35.0. The highest BCUT2D eigenvalue weighted by molar-refractivity contribution is 6.60. The van der Waals surface area contributed by atoms with Crippen LogP contribution in [0.4, 0.5) is 0 Å². The Bertz CT molecular complexity index is 961. The monoisotopic (exact) mass is 762 g/mol. The Morgan fingerprint density at radius 1 is 0.608 bits per heavy atom. The van der Waals surface area contributed by atoms with E-state index in [4.69, 9.17) is 37.4 Å². The van der Waals surface area contributed by atoms with Crippen LogP contribution in [0, 0.1) is 0 Å². The highest BCUT2D eigenvalue weighted by Gasteiger charge is 2.37. The van der Waals surface area contributed by atoms with Crippen molar-refractivity contribution in [3.8, 4) is 0 Å². The number of carboxylic acids is 1. The quantitative estimate of drug-likeness (QED) is 0.0574. The minimum atomic E-state index is -2.58. The van der Waals surface area contributed by atoms with Crippen molar-refractivity contribution in [2.24, 2.45) is 5.73 Å². The molecule has 4 N–H and O–H groups in total. The summed E-state index contributed by atoms with van der Waals surface area (Å²) in [6, 6.07) is 1.42. The van der Waals surface area contributed by atoms with Crippen LogP contribution in [0.1, 0.15) is 51.4 Å². The van der Waals surface area contributed by atoms with Gasteiger partial charge < -0.3 is 52.5 Å². The first kappa shape index (κ1) is 52.4. The van der Waals surface area contributed by atoms with Gasteiger partial charge in [-0.25, -0.2) is 0 Å². The average Bonchev–Trinajstić information content (AvgIpc) is 3.13. The summed E-state index contributed by atoms with van der Waals surface area (Å²) in [6.07, 6.45) is 10.1. The molecule has 0 unspecified atom stereocenters. The fraction of sp³-hybridized carbons (Fsp3) is 0.647. The highest BCUT2D eigenvalue weighted by atomic mass is 28.4. The van der Waals surface area contributed by atoms with Crippen LogP contribution >= 0.6 is 0 Å². The van der Waals surface area contributed by atoms with Crippen molar-refractivity contribution in [2.75, 3.05) is 81.9 Å². The number of amides is 3. The van der Waals surface area contributed by atoms with Gasteiger partial charge >= 0.3 is 23.6 Å². The van der Waals surface area contributed by atoms with E-state index >= 15 is 0 Å². The van der Waals surface area contributed by atoms with E-state index in [2.05, 4.69) is 31.6 Å². The molecule has 0 heterocycles. The molecule has 0 atom stereocenters. The topological polar surface area (TPSA) is 188 Å². The van der Waals surface area contributed by atoms with Crippen molar-refractivity contribution in [1.29, 1.82) is 0 Å². The van der Waals surface area contributed by atoms with Crippen molar-refractivity contribution in [2.45, 2.75) is 63.5 Å². The van der Waals surface area contributed by atoms with Crippen LogP contribution in [0.3, 0.4) is 0 Å². The molecule has 0 radical (unpaired) electrons. The summed E-state index contributed by atoms with van der Waals surface area (Å²) in [5.41, 5.74) is 5.36. The number of nitrogens with two attached hydrogens (primary N) is 1. The number of nitrogens with one attached hydrogen (secondary N) is 1. The summed E-state index contributed by atoms with van der Waals surface area (Å²) in [5, 5.41) is 11.3. The molecule has 0 aliphatic heterocycles. The number of carboxylic acid groups (broad SMARTS) is 1. The van der Waals surface area contributed by atoms with Crippen molar-refractivity contribution in [3.63, 3.8) is 0 Å². The Balaban J connectivity index is -0.000000750. The van der Waals surface area contributed by atoms with Crippen LogP contribution < -0.4 is 11.1 Å². The molecule has 0 bridgehead atoms. The summed E-state index contributed by atoms with van der Waals surface area (Å²) in [5.74, 6) is -0.993. The van der Waals surface area contributed by atoms with Gasteiger partial charge in [0.2, 0.25) is 17.7 Å².